The predicted molar refractivity (Wildman–Crippen MR) is 61.9 cm³/mol. The zero-order valence-corrected chi connectivity index (χ0v) is 11.0. The molecule has 7 nitrogen and oxygen atoms in total. The van der Waals surface area contributed by atoms with E-state index in [-0.39, 0.29) is 6.61 Å². The van der Waals surface area contributed by atoms with Crippen molar-refractivity contribution >= 4 is 17.8 Å². The van der Waals surface area contributed by atoms with Crippen molar-refractivity contribution in [3.05, 3.63) is 0 Å². The first-order valence-corrected chi connectivity index (χ1v) is 5.38. The Morgan fingerprint density at radius 3 is 2.22 bits per heavy atom. The standard InChI is InChI=1S/C11H19NO6/c1-11(2,3)18-9(14)5-7(10(15)16)12-8(13)6-17-4/h7H,5-6H2,1-4H3,(H,12,13)(H,15,16)/t7-/m0/s1. The van der Waals surface area contributed by atoms with E-state index in [9.17, 15) is 14.4 Å². The molecule has 0 aromatic heterocycles. The van der Waals surface area contributed by atoms with Crippen molar-refractivity contribution in [3.8, 4) is 0 Å². The number of aliphatic carboxylic acids is 1. The molecule has 0 aromatic carbocycles. The molecule has 0 bridgehead atoms. The average Bonchev–Trinajstić information content (AvgIpc) is 2.13. The summed E-state index contributed by atoms with van der Waals surface area (Å²) >= 11 is 0. The van der Waals surface area contributed by atoms with Gasteiger partial charge in [-0.05, 0) is 20.8 Å². The maximum atomic E-state index is 11.4. The van der Waals surface area contributed by atoms with Crippen molar-refractivity contribution in [2.75, 3.05) is 13.7 Å². The summed E-state index contributed by atoms with van der Waals surface area (Å²) in [6.45, 7) is 4.75. The fourth-order valence-corrected chi connectivity index (χ4v) is 1.12. The minimum Gasteiger partial charge on any atom is -0.480 e. The van der Waals surface area contributed by atoms with Gasteiger partial charge in [0.15, 0.2) is 0 Å². The largest absolute Gasteiger partial charge is 0.480 e. The van der Waals surface area contributed by atoms with Gasteiger partial charge >= 0.3 is 11.9 Å². The second-order valence-corrected chi connectivity index (χ2v) is 4.68. The van der Waals surface area contributed by atoms with Gasteiger partial charge in [0.2, 0.25) is 5.91 Å². The van der Waals surface area contributed by atoms with Gasteiger partial charge in [-0.2, -0.15) is 0 Å². The summed E-state index contributed by atoms with van der Waals surface area (Å²) in [6.07, 6.45) is -0.429. The van der Waals surface area contributed by atoms with Crippen molar-refractivity contribution < 1.29 is 29.0 Å². The van der Waals surface area contributed by atoms with Gasteiger partial charge in [0.25, 0.3) is 0 Å². The van der Waals surface area contributed by atoms with Crippen LogP contribution >= 0.6 is 0 Å². The molecule has 2 N–H and O–H groups in total. The lowest BCUT2D eigenvalue weighted by Gasteiger charge is -2.21. The highest BCUT2D eigenvalue weighted by Gasteiger charge is 2.26. The third-order valence-corrected chi connectivity index (χ3v) is 1.70. The second-order valence-electron chi connectivity index (χ2n) is 4.68. The van der Waals surface area contributed by atoms with Crippen molar-refractivity contribution in [2.45, 2.75) is 38.8 Å². The van der Waals surface area contributed by atoms with Crippen LogP contribution < -0.4 is 5.32 Å². The Balaban J connectivity index is 4.41. The fraction of sp³-hybridized carbons (Fsp3) is 0.727. The van der Waals surface area contributed by atoms with Gasteiger partial charge in [-0.25, -0.2) is 4.79 Å². The number of rotatable bonds is 6. The number of hydrogen-bond donors (Lipinski definition) is 2. The lowest BCUT2D eigenvalue weighted by Crippen LogP contribution is -2.44. The smallest absolute Gasteiger partial charge is 0.326 e. The number of esters is 1. The van der Waals surface area contributed by atoms with E-state index in [0.717, 1.165) is 0 Å². The molecule has 0 heterocycles. The molecule has 104 valence electrons. The SMILES string of the molecule is COCC(=O)N[C@@H](CC(=O)OC(C)(C)C)C(=O)O. The number of carbonyl (C=O) groups excluding carboxylic acids is 2. The molecule has 0 radical (unpaired) electrons. The Labute approximate surface area is 105 Å². The molecule has 1 amide bonds. The van der Waals surface area contributed by atoms with E-state index in [0.29, 0.717) is 0 Å². The van der Waals surface area contributed by atoms with E-state index < -0.39 is 35.9 Å². The van der Waals surface area contributed by atoms with Gasteiger partial charge in [0, 0.05) is 7.11 Å². The van der Waals surface area contributed by atoms with Crippen molar-refractivity contribution in [3.63, 3.8) is 0 Å². The molecule has 18 heavy (non-hydrogen) atoms. The molecule has 0 aliphatic heterocycles. The van der Waals surface area contributed by atoms with Gasteiger partial charge in [0.05, 0.1) is 6.42 Å². The summed E-state index contributed by atoms with van der Waals surface area (Å²) in [5.41, 5.74) is -0.698. The number of hydrogen-bond acceptors (Lipinski definition) is 5. The monoisotopic (exact) mass is 261 g/mol. The van der Waals surface area contributed by atoms with Gasteiger partial charge in [-0.3, -0.25) is 9.59 Å². The van der Waals surface area contributed by atoms with Crippen molar-refractivity contribution in [2.24, 2.45) is 0 Å². The van der Waals surface area contributed by atoms with Crippen LogP contribution in [0.25, 0.3) is 0 Å². The minimum absolute atomic E-state index is 0.266. The van der Waals surface area contributed by atoms with Crippen LogP contribution in [0.3, 0.4) is 0 Å². The van der Waals surface area contributed by atoms with Gasteiger partial charge < -0.3 is 19.9 Å². The first-order chi connectivity index (χ1) is 8.15. The Bertz CT molecular complexity index is 320. The van der Waals surface area contributed by atoms with Crippen LogP contribution in [0, 0.1) is 0 Å². The Morgan fingerprint density at radius 2 is 1.83 bits per heavy atom. The number of amides is 1. The third kappa shape index (κ3) is 7.61. The molecule has 1 atom stereocenters. The molecular weight excluding hydrogens is 242 g/mol. The van der Waals surface area contributed by atoms with E-state index in [2.05, 4.69) is 10.1 Å². The molecule has 0 aliphatic rings. The Morgan fingerprint density at radius 1 is 1.28 bits per heavy atom. The predicted octanol–water partition coefficient (Wildman–Crippen LogP) is -0.0660. The highest BCUT2D eigenvalue weighted by Crippen LogP contribution is 2.09. The van der Waals surface area contributed by atoms with E-state index >= 15 is 0 Å². The van der Waals surface area contributed by atoms with Gasteiger partial charge in [-0.15, -0.1) is 0 Å². The zero-order valence-electron chi connectivity index (χ0n) is 11.0. The normalized spacial score (nSPS) is 12.7. The molecule has 0 saturated heterocycles. The molecule has 7 heteroatoms. The summed E-state index contributed by atoms with van der Waals surface area (Å²) in [7, 11) is 1.31. The summed E-state index contributed by atoms with van der Waals surface area (Å²) in [4.78, 5) is 33.5. The number of nitrogens with one attached hydrogen (secondary N) is 1. The molecule has 0 rings (SSSR count). The quantitative estimate of drug-likeness (QED) is 0.649. The maximum absolute atomic E-state index is 11.4. The van der Waals surface area contributed by atoms with E-state index in [4.69, 9.17) is 9.84 Å². The summed E-state index contributed by atoms with van der Waals surface area (Å²) in [5, 5.41) is 11.0. The topological polar surface area (TPSA) is 102 Å². The third-order valence-electron chi connectivity index (χ3n) is 1.70. The van der Waals surface area contributed by atoms with Gasteiger partial charge in [0.1, 0.15) is 18.2 Å². The summed E-state index contributed by atoms with van der Waals surface area (Å²) in [6, 6.07) is -1.32. The van der Waals surface area contributed by atoms with E-state index in [1.165, 1.54) is 7.11 Å². The lowest BCUT2D eigenvalue weighted by atomic mass is 10.1. The average molecular weight is 261 g/mol. The molecule has 0 aliphatic carbocycles. The van der Waals surface area contributed by atoms with E-state index in [1.807, 2.05) is 0 Å². The molecule has 0 spiro atoms. The fourth-order valence-electron chi connectivity index (χ4n) is 1.12. The first-order valence-electron chi connectivity index (χ1n) is 5.38. The summed E-state index contributed by atoms with van der Waals surface area (Å²) in [5.74, 6) is -2.59. The van der Waals surface area contributed by atoms with Crippen LogP contribution in [0.1, 0.15) is 27.2 Å². The van der Waals surface area contributed by atoms with Crippen LogP contribution in [0.2, 0.25) is 0 Å². The second kappa shape index (κ2) is 6.95. The first kappa shape index (κ1) is 16.4. The minimum atomic E-state index is -1.32. The van der Waals surface area contributed by atoms with Crippen LogP contribution in [0.15, 0.2) is 0 Å². The van der Waals surface area contributed by atoms with Crippen molar-refractivity contribution in [1.29, 1.82) is 0 Å². The van der Waals surface area contributed by atoms with Crippen molar-refractivity contribution in [1.82, 2.24) is 5.32 Å². The van der Waals surface area contributed by atoms with Gasteiger partial charge in [-0.1, -0.05) is 0 Å². The lowest BCUT2D eigenvalue weighted by molar-refractivity contribution is -0.158. The van der Waals surface area contributed by atoms with Crippen LogP contribution in [0.5, 0.6) is 0 Å². The van der Waals surface area contributed by atoms with Crippen LogP contribution in [-0.2, 0) is 23.9 Å². The number of carbonyl (C=O) groups is 3. The van der Waals surface area contributed by atoms with E-state index in [1.54, 1.807) is 20.8 Å². The molecule has 0 fully saturated rings. The highest BCUT2D eigenvalue weighted by molar-refractivity contribution is 5.87. The molecular formula is C11H19NO6. The number of methoxy groups -OCH3 is 1. The Kier molecular flexibility index (Phi) is 6.32. The number of carboxylic acid groups (broad SMARTS) is 1. The molecule has 0 saturated carbocycles. The molecule has 0 aromatic rings. The number of ether oxygens (including phenoxy) is 2. The maximum Gasteiger partial charge on any atom is 0.326 e. The van der Waals surface area contributed by atoms with Crippen LogP contribution in [0.4, 0.5) is 0 Å². The zero-order chi connectivity index (χ0) is 14.3. The van der Waals surface area contributed by atoms with Crippen LogP contribution in [-0.4, -0.2) is 48.3 Å². The highest BCUT2D eigenvalue weighted by atomic mass is 16.6. The summed E-state index contributed by atoms with van der Waals surface area (Å²) < 4.78 is 9.52. The number of carboxylic acids is 1. The molecule has 0 unspecified atom stereocenters. The Hall–Kier alpha value is -1.63.